The molecule has 0 aliphatic carbocycles. The highest BCUT2D eigenvalue weighted by Crippen LogP contribution is 2.29. The highest BCUT2D eigenvalue weighted by atomic mass is 19.4. The van der Waals surface area contributed by atoms with E-state index in [9.17, 15) is 18.0 Å². The van der Waals surface area contributed by atoms with Crippen LogP contribution in [-0.2, 0) is 23.8 Å². The Labute approximate surface area is 114 Å². The van der Waals surface area contributed by atoms with E-state index in [1.54, 1.807) is 12.1 Å². The lowest BCUT2D eigenvalue weighted by Crippen LogP contribution is -2.07. The summed E-state index contributed by atoms with van der Waals surface area (Å²) in [6.07, 6.45) is -1.85. The quantitative estimate of drug-likeness (QED) is 0.828. The van der Waals surface area contributed by atoms with E-state index < -0.39 is 11.7 Å². The van der Waals surface area contributed by atoms with Crippen LogP contribution in [0.1, 0.15) is 23.3 Å². The van der Waals surface area contributed by atoms with Gasteiger partial charge in [-0.05, 0) is 29.8 Å². The minimum Gasteiger partial charge on any atom is -0.469 e. The number of ketones is 1. The first-order chi connectivity index (χ1) is 9.45. The van der Waals surface area contributed by atoms with Gasteiger partial charge in [-0.3, -0.25) is 4.79 Å². The van der Waals surface area contributed by atoms with Crippen LogP contribution in [0.3, 0.4) is 0 Å². The number of alkyl halides is 3. The molecule has 0 saturated carbocycles. The lowest BCUT2D eigenvalue weighted by atomic mass is 10.0. The van der Waals surface area contributed by atoms with Crippen molar-refractivity contribution < 1.29 is 22.4 Å². The number of rotatable bonds is 5. The molecule has 1 heterocycles. The van der Waals surface area contributed by atoms with Gasteiger partial charge >= 0.3 is 6.18 Å². The highest BCUT2D eigenvalue weighted by molar-refractivity contribution is 5.81. The fourth-order valence-electron chi connectivity index (χ4n) is 1.85. The van der Waals surface area contributed by atoms with Gasteiger partial charge in [0.1, 0.15) is 11.5 Å². The standard InChI is InChI=1S/C15H13F3O2/c16-15(17,18)12-5-3-11(4-6-12)10-13(19)7-8-14-2-1-9-20-14/h1-6,9H,7-8,10H2. The predicted octanol–water partition coefficient (Wildman–Crippen LogP) is 4.04. The van der Waals surface area contributed by atoms with Crippen molar-refractivity contribution in [2.75, 3.05) is 0 Å². The summed E-state index contributed by atoms with van der Waals surface area (Å²) in [5.41, 5.74) is -0.119. The van der Waals surface area contributed by atoms with Gasteiger partial charge in [0, 0.05) is 19.3 Å². The van der Waals surface area contributed by atoms with E-state index in [2.05, 4.69) is 0 Å². The van der Waals surface area contributed by atoms with Crippen LogP contribution < -0.4 is 0 Å². The third kappa shape index (κ3) is 3.98. The van der Waals surface area contributed by atoms with Crippen LogP contribution in [0.25, 0.3) is 0 Å². The van der Waals surface area contributed by atoms with Crippen LogP contribution in [0.5, 0.6) is 0 Å². The Morgan fingerprint density at radius 2 is 1.80 bits per heavy atom. The summed E-state index contributed by atoms with van der Waals surface area (Å²) in [6, 6.07) is 8.20. The molecule has 0 unspecified atom stereocenters. The maximum absolute atomic E-state index is 12.4. The Kier molecular flexibility index (Phi) is 4.27. The zero-order chi connectivity index (χ0) is 14.6. The molecule has 0 saturated heterocycles. The molecule has 0 radical (unpaired) electrons. The first-order valence-electron chi connectivity index (χ1n) is 6.15. The highest BCUT2D eigenvalue weighted by Gasteiger charge is 2.29. The van der Waals surface area contributed by atoms with E-state index in [1.165, 1.54) is 18.4 Å². The molecule has 106 valence electrons. The second-order valence-corrected chi connectivity index (χ2v) is 4.49. The van der Waals surface area contributed by atoms with Gasteiger partial charge < -0.3 is 4.42 Å². The van der Waals surface area contributed by atoms with Gasteiger partial charge in [0.15, 0.2) is 0 Å². The molecule has 0 N–H and O–H groups in total. The van der Waals surface area contributed by atoms with Crippen LogP contribution >= 0.6 is 0 Å². The molecule has 0 bridgehead atoms. The smallest absolute Gasteiger partial charge is 0.416 e. The average Bonchev–Trinajstić information content (AvgIpc) is 2.89. The van der Waals surface area contributed by atoms with E-state index in [1.807, 2.05) is 0 Å². The molecular weight excluding hydrogens is 269 g/mol. The van der Waals surface area contributed by atoms with Crippen molar-refractivity contribution in [3.05, 3.63) is 59.5 Å². The van der Waals surface area contributed by atoms with Gasteiger partial charge in [0.25, 0.3) is 0 Å². The third-order valence-electron chi connectivity index (χ3n) is 2.91. The molecule has 0 spiro atoms. The number of hydrogen-bond acceptors (Lipinski definition) is 2. The van der Waals surface area contributed by atoms with Crippen LogP contribution in [0.2, 0.25) is 0 Å². The molecule has 20 heavy (non-hydrogen) atoms. The minimum absolute atomic E-state index is 0.0267. The van der Waals surface area contributed by atoms with Gasteiger partial charge in [0.2, 0.25) is 0 Å². The van der Waals surface area contributed by atoms with Crippen molar-refractivity contribution >= 4 is 5.78 Å². The Hall–Kier alpha value is -2.04. The number of benzene rings is 1. The van der Waals surface area contributed by atoms with Crippen molar-refractivity contribution in [2.45, 2.75) is 25.4 Å². The van der Waals surface area contributed by atoms with E-state index in [0.717, 1.165) is 17.9 Å². The normalized spacial score (nSPS) is 11.6. The molecular formula is C15H13F3O2. The molecule has 5 heteroatoms. The first-order valence-corrected chi connectivity index (χ1v) is 6.15. The number of carbonyl (C=O) groups excluding carboxylic acids is 1. The SMILES string of the molecule is O=C(CCc1ccco1)Cc1ccc(C(F)(F)F)cc1. The maximum Gasteiger partial charge on any atom is 0.416 e. The molecule has 0 aliphatic heterocycles. The number of halogens is 3. The van der Waals surface area contributed by atoms with E-state index in [4.69, 9.17) is 4.42 Å². The van der Waals surface area contributed by atoms with Gasteiger partial charge in [0.05, 0.1) is 11.8 Å². The molecule has 0 atom stereocenters. The lowest BCUT2D eigenvalue weighted by Gasteiger charge is -2.07. The minimum atomic E-state index is -4.35. The number of Topliss-reactive ketones (excluding diaryl/α,β-unsaturated/α-hetero) is 1. The second-order valence-electron chi connectivity index (χ2n) is 4.49. The molecule has 1 aromatic heterocycles. The number of furan rings is 1. The van der Waals surface area contributed by atoms with Crippen LogP contribution in [0, 0.1) is 0 Å². The summed E-state index contributed by atoms with van der Waals surface area (Å²) in [6.45, 7) is 0. The molecule has 2 nitrogen and oxygen atoms in total. The van der Waals surface area contributed by atoms with Crippen molar-refractivity contribution in [3.8, 4) is 0 Å². The average molecular weight is 282 g/mol. The lowest BCUT2D eigenvalue weighted by molar-refractivity contribution is -0.137. The zero-order valence-corrected chi connectivity index (χ0v) is 10.6. The van der Waals surface area contributed by atoms with Crippen LogP contribution in [0.15, 0.2) is 47.1 Å². The first kappa shape index (κ1) is 14.4. The monoisotopic (exact) mass is 282 g/mol. The zero-order valence-electron chi connectivity index (χ0n) is 10.6. The van der Waals surface area contributed by atoms with Gasteiger partial charge in [-0.1, -0.05) is 12.1 Å². The summed E-state index contributed by atoms with van der Waals surface area (Å²) < 4.78 is 42.3. The van der Waals surface area contributed by atoms with E-state index in [0.29, 0.717) is 18.4 Å². The van der Waals surface area contributed by atoms with Crippen LogP contribution in [0.4, 0.5) is 13.2 Å². The van der Waals surface area contributed by atoms with Crippen molar-refractivity contribution in [1.29, 1.82) is 0 Å². The fraction of sp³-hybridized carbons (Fsp3) is 0.267. The Balaban J connectivity index is 1.88. The predicted molar refractivity (Wildman–Crippen MR) is 67.2 cm³/mol. The molecule has 2 rings (SSSR count). The summed E-state index contributed by atoms with van der Waals surface area (Å²) in [4.78, 5) is 11.7. The molecule has 0 fully saturated rings. The summed E-state index contributed by atoms with van der Waals surface area (Å²) >= 11 is 0. The number of aryl methyl sites for hydroxylation is 1. The third-order valence-corrected chi connectivity index (χ3v) is 2.91. The maximum atomic E-state index is 12.4. The largest absolute Gasteiger partial charge is 0.469 e. The Morgan fingerprint density at radius 1 is 1.10 bits per heavy atom. The fourth-order valence-corrected chi connectivity index (χ4v) is 1.85. The van der Waals surface area contributed by atoms with Crippen molar-refractivity contribution in [3.63, 3.8) is 0 Å². The Bertz CT molecular complexity index is 554. The molecule has 1 aromatic carbocycles. The van der Waals surface area contributed by atoms with Crippen molar-refractivity contribution in [1.82, 2.24) is 0 Å². The summed E-state index contributed by atoms with van der Waals surface area (Å²) in [5, 5.41) is 0. The molecule has 0 aliphatic rings. The summed E-state index contributed by atoms with van der Waals surface area (Å²) in [7, 11) is 0. The topological polar surface area (TPSA) is 30.2 Å². The molecule has 2 aromatic rings. The van der Waals surface area contributed by atoms with E-state index in [-0.39, 0.29) is 12.2 Å². The van der Waals surface area contributed by atoms with Crippen LogP contribution in [-0.4, -0.2) is 5.78 Å². The second kappa shape index (κ2) is 5.94. The van der Waals surface area contributed by atoms with Gasteiger partial charge in [-0.25, -0.2) is 0 Å². The van der Waals surface area contributed by atoms with E-state index >= 15 is 0 Å². The number of carbonyl (C=O) groups is 1. The molecule has 0 amide bonds. The Morgan fingerprint density at radius 3 is 2.35 bits per heavy atom. The number of hydrogen-bond donors (Lipinski definition) is 0. The summed E-state index contributed by atoms with van der Waals surface area (Å²) in [5.74, 6) is 0.701. The van der Waals surface area contributed by atoms with Gasteiger partial charge in [-0.15, -0.1) is 0 Å². The van der Waals surface area contributed by atoms with Gasteiger partial charge in [-0.2, -0.15) is 13.2 Å². The van der Waals surface area contributed by atoms with Crippen molar-refractivity contribution in [2.24, 2.45) is 0 Å².